The molecule has 2 N–H and O–H groups in total. The van der Waals surface area contributed by atoms with Crippen LogP contribution in [-0.2, 0) is 6.54 Å². The van der Waals surface area contributed by atoms with Gasteiger partial charge in [0.1, 0.15) is 0 Å². The molecule has 0 amide bonds. The second-order valence-electron chi connectivity index (χ2n) is 6.77. The van der Waals surface area contributed by atoms with Gasteiger partial charge in [-0.3, -0.25) is 4.99 Å². The van der Waals surface area contributed by atoms with Crippen molar-refractivity contribution in [3.63, 3.8) is 0 Å². The number of pyridine rings is 1. The van der Waals surface area contributed by atoms with Crippen molar-refractivity contribution < 1.29 is 0 Å². The number of aromatic nitrogens is 3. The number of hydrogen-bond acceptors (Lipinski definition) is 3. The van der Waals surface area contributed by atoms with E-state index in [4.69, 9.17) is 0 Å². The predicted octanol–water partition coefficient (Wildman–Crippen LogP) is 3.50. The van der Waals surface area contributed by atoms with Gasteiger partial charge in [-0.05, 0) is 44.4 Å². The molecule has 1 fully saturated rings. The Morgan fingerprint density at radius 3 is 2.58 bits per heavy atom. The standard InChI is InChI=1S/C19H28N6.HI/c1-14-11-15(2)25(24-14)18-10-9-16(12-21-18)13-22-19(20-3)23-17-7-5-4-6-8-17;/h9-12,17H,4-8,13H2,1-3H3,(H2,20,22,23);1H. The summed E-state index contributed by atoms with van der Waals surface area (Å²) in [7, 11) is 1.82. The Morgan fingerprint density at radius 2 is 2.00 bits per heavy atom. The van der Waals surface area contributed by atoms with Crippen molar-refractivity contribution in [2.75, 3.05) is 7.05 Å². The van der Waals surface area contributed by atoms with E-state index in [-0.39, 0.29) is 24.0 Å². The van der Waals surface area contributed by atoms with Crippen molar-refractivity contribution in [2.45, 2.75) is 58.5 Å². The third-order valence-electron chi connectivity index (χ3n) is 4.67. The van der Waals surface area contributed by atoms with Gasteiger partial charge < -0.3 is 10.6 Å². The zero-order chi connectivity index (χ0) is 17.6. The van der Waals surface area contributed by atoms with Gasteiger partial charge in [0, 0.05) is 31.5 Å². The zero-order valence-corrected chi connectivity index (χ0v) is 18.2. The fraction of sp³-hybridized carbons (Fsp3) is 0.526. The van der Waals surface area contributed by atoms with Crippen LogP contribution < -0.4 is 10.6 Å². The molecule has 7 heteroatoms. The Hall–Kier alpha value is -1.64. The van der Waals surface area contributed by atoms with E-state index in [0.717, 1.165) is 28.7 Å². The Labute approximate surface area is 172 Å². The lowest BCUT2D eigenvalue weighted by Crippen LogP contribution is -2.43. The third kappa shape index (κ3) is 5.43. The third-order valence-corrected chi connectivity index (χ3v) is 4.67. The van der Waals surface area contributed by atoms with E-state index in [1.165, 1.54) is 32.1 Å². The van der Waals surface area contributed by atoms with Crippen LogP contribution in [0.5, 0.6) is 0 Å². The van der Waals surface area contributed by atoms with Gasteiger partial charge in [-0.15, -0.1) is 24.0 Å². The average molecular weight is 468 g/mol. The van der Waals surface area contributed by atoms with Crippen LogP contribution in [0.4, 0.5) is 0 Å². The smallest absolute Gasteiger partial charge is 0.191 e. The highest BCUT2D eigenvalue weighted by molar-refractivity contribution is 14.0. The van der Waals surface area contributed by atoms with Crippen LogP contribution >= 0.6 is 24.0 Å². The number of aliphatic imine (C=N–C) groups is 1. The van der Waals surface area contributed by atoms with E-state index in [1.807, 2.05) is 37.8 Å². The number of rotatable bonds is 4. The molecule has 0 saturated heterocycles. The van der Waals surface area contributed by atoms with Crippen molar-refractivity contribution in [1.29, 1.82) is 0 Å². The number of hydrogen-bond donors (Lipinski definition) is 2. The van der Waals surface area contributed by atoms with E-state index >= 15 is 0 Å². The summed E-state index contributed by atoms with van der Waals surface area (Å²) in [5, 5.41) is 11.4. The molecule has 0 atom stereocenters. The van der Waals surface area contributed by atoms with E-state index in [9.17, 15) is 0 Å². The Kier molecular flexibility index (Phi) is 7.86. The van der Waals surface area contributed by atoms with E-state index in [2.05, 4.69) is 37.8 Å². The molecule has 0 unspecified atom stereocenters. The summed E-state index contributed by atoms with van der Waals surface area (Å²) in [5.41, 5.74) is 3.22. The van der Waals surface area contributed by atoms with Crippen molar-refractivity contribution in [1.82, 2.24) is 25.4 Å². The van der Waals surface area contributed by atoms with Crippen LogP contribution in [0, 0.1) is 13.8 Å². The first-order valence-electron chi connectivity index (χ1n) is 9.11. The maximum Gasteiger partial charge on any atom is 0.191 e. The molecule has 0 radical (unpaired) electrons. The first kappa shape index (κ1) is 20.7. The summed E-state index contributed by atoms with van der Waals surface area (Å²) in [6.45, 7) is 4.74. The SMILES string of the molecule is CN=C(NCc1ccc(-n2nc(C)cc2C)nc1)NC1CCCCC1.I. The molecule has 0 spiro atoms. The monoisotopic (exact) mass is 468 g/mol. The molecule has 1 aliphatic rings. The van der Waals surface area contributed by atoms with Gasteiger partial charge >= 0.3 is 0 Å². The first-order chi connectivity index (χ1) is 12.2. The van der Waals surface area contributed by atoms with Crippen molar-refractivity contribution in [2.24, 2.45) is 4.99 Å². The van der Waals surface area contributed by atoms with Crippen molar-refractivity contribution in [3.8, 4) is 5.82 Å². The Bertz CT molecular complexity index is 716. The number of nitrogens with one attached hydrogen (secondary N) is 2. The minimum Gasteiger partial charge on any atom is -0.354 e. The Morgan fingerprint density at radius 1 is 1.23 bits per heavy atom. The van der Waals surface area contributed by atoms with Gasteiger partial charge in [0.2, 0.25) is 0 Å². The predicted molar refractivity (Wildman–Crippen MR) is 116 cm³/mol. The average Bonchev–Trinajstić information content (AvgIpc) is 2.98. The van der Waals surface area contributed by atoms with Crippen molar-refractivity contribution in [3.05, 3.63) is 41.3 Å². The van der Waals surface area contributed by atoms with Gasteiger partial charge in [0.15, 0.2) is 11.8 Å². The maximum atomic E-state index is 4.54. The summed E-state index contributed by atoms with van der Waals surface area (Å²) in [6.07, 6.45) is 8.35. The summed E-state index contributed by atoms with van der Waals surface area (Å²) in [4.78, 5) is 8.88. The number of guanidine groups is 1. The largest absolute Gasteiger partial charge is 0.354 e. The van der Waals surface area contributed by atoms with Crippen LogP contribution in [0.15, 0.2) is 29.4 Å². The van der Waals surface area contributed by atoms with Crippen molar-refractivity contribution >= 4 is 29.9 Å². The summed E-state index contributed by atoms with van der Waals surface area (Å²) in [6, 6.07) is 6.69. The number of halogens is 1. The molecule has 6 nitrogen and oxygen atoms in total. The van der Waals surface area contributed by atoms with Crippen LogP contribution in [-0.4, -0.2) is 33.8 Å². The molecule has 1 saturated carbocycles. The lowest BCUT2D eigenvalue weighted by Gasteiger charge is -2.24. The fourth-order valence-corrected chi connectivity index (χ4v) is 3.33. The van der Waals surface area contributed by atoms with Gasteiger partial charge in [-0.25, -0.2) is 9.67 Å². The highest BCUT2D eigenvalue weighted by Gasteiger charge is 2.14. The van der Waals surface area contributed by atoms with Crippen LogP contribution in [0.1, 0.15) is 49.1 Å². The molecule has 26 heavy (non-hydrogen) atoms. The summed E-state index contributed by atoms with van der Waals surface area (Å²) < 4.78 is 1.87. The molecular formula is C19H29IN6. The zero-order valence-electron chi connectivity index (χ0n) is 15.8. The molecule has 1 aliphatic carbocycles. The number of nitrogens with zero attached hydrogens (tertiary/aromatic N) is 4. The molecule has 142 valence electrons. The molecule has 0 aromatic carbocycles. The van der Waals surface area contributed by atoms with Gasteiger partial charge in [-0.2, -0.15) is 5.10 Å². The maximum absolute atomic E-state index is 4.54. The first-order valence-corrected chi connectivity index (χ1v) is 9.11. The second kappa shape index (κ2) is 9.89. The molecule has 2 heterocycles. The molecular weight excluding hydrogens is 439 g/mol. The summed E-state index contributed by atoms with van der Waals surface area (Å²) >= 11 is 0. The van der Waals surface area contributed by atoms with Gasteiger partial charge in [0.25, 0.3) is 0 Å². The molecule has 3 rings (SSSR count). The quantitative estimate of drug-likeness (QED) is 0.410. The lowest BCUT2D eigenvalue weighted by molar-refractivity contribution is 0.410. The van der Waals surface area contributed by atoms with E-state index in [1.54, 1.807) is 0 Å². The van der Waals surface area contributed by atoms with Gasteiger partial charge in [0.05, 0.1) is 5.69 Å². The molecule has 0 aliphatic heterocycles. The molecule has 2 aromatic heterocycles. The molecule has 0 bridgehead atoms. The topological polar surface area (TPSA) is 67.1 Å². The lowest BCUT2D eigenvalue weighted by atomic mass is 9.96. The van der Waals surface area contributed by atoms with E-state index < -0.39 is 0 Å². The minimum absolute atomic E-state index is 0. The second-order valence-corrected chi connectivity index (χ2v) is 6.77. The number of aryl methyl sites for hydroxylation is 2. The fourth-order valence-electron chi connectivity index (χ4n) is 3.33. The minimum atomic E-state index is 0. The van der Waals surface area contributed by atoms with Gasteiger partial charge in [-0.1, -0.05) is 25.3 Å². The van der Waals surface area contributed by atoms with Crippen LogP contribution in [0.25, 0.3) is 5.82 Å². The van der Waals surface area contributed by atoms with Crippen LogP contribution in [0.2, 0.25) is 0 Å². The van der Waals surface area contributed by atoms with Crippen LogP contribution in [0.3, 0.4) is 0 Å². The van der Waals surface area contributed by atoms with E-state index in [0.29, 0.717) is 12.6 Å². The Balaban J connectivity index is 0.00000243. The normalized spacial score (nSPS) is 15.4. The molecule has 2 aromatic rings. The highest BCUT2D eigenvalue weighted by atomic mass is 127. The highest BCUT2D eigenvalue weighted by Crippen LogP contribution is 2.17. The summed E-state index contributed by atoms with van der Waals surface area (Å²) in [5.74, 6) is 1.72.